The predicted molar refractivity (Wildman–Crippen MR) is 85.9 cm³/mol. The van der Waals surface area contributed by atoms with Gasteiger partial charge in [-0.2, -0.15) is 5.26 Å². The van der Waals surface area contributed by atoms with Gasteiger partial charge in [-0.25, -0.2) is 4.79 Å². The number of rotatable bonds is 3. The number of halogens is 1. The molecule has 0 saturated heterocycles. The van der Waals surface area contributed by atoms with Crippen molar-refractivity contribution in [1.29, 1.82) is 5.26 Å². The number of hydrogen-bond donors (Lipinski definition) is 2. The number of nitriles is 1. The lowest BCUT2D eigenvalue weighted by Crippen LogP contribution is -2.31. The van der Waals surface area contributed by atoms with E-state index in [1.165, 1.54) is 0 Å². The molecule has 2 aromatic rings. The third kappa shape index (κ3) is 4.07. The lowest BCUT2D eigenvalue weighted by atomic mass is 10.1. The van der Waals surface area contributed by atoms with Gasteiger partial charge < -0.3 is 10.6 Å². The summed E-state index contributed by atoms with van der Waals surface area (Å²) >= 11 is 3.40. The molecule has 0 aliphatic carbocycles. The number of hydrogen-bond acceptors (Lipinski definition) is 2. The van der Waals surface area contributed by atoms with Gasteiger partial charge in [-0.1, -0.05) is 40.2 Å². The molecule has 0 heterocycles. The molecule has 106 valence electrons. The zero-order valence-electron chi connectivity index (χ0n) is 11.4. The van der Waals surface area contributed by atoms with Gasteiger partial charge in [0.1, 0.15) is 6.07 Å². The Kier molecular flexibility index (Phi) is 4.96. The van der Waals surface area contributed by atoms with Crippen LogP contribution in [0.4, 0.5) is 10.5 Å². The van der Waals surface area contributed by atoms with E-state index in [9.17, 15) is 4.79 Å². The Hall–Kier alpha value is -2.32. The van der Waals surface area contributed by atoms with Gasteiger partial charge in [-0.05, 0) is 36.8 Å². The third-order valence-corrected chi connectivity index (χ3v) is 3.49. The zero-order valence-corrected chi connectivity index (χ0v) is 13.0. The highest BCUT2D eigenvalue weighted by Crippen LogP contribution is 2.18. The summed E-state index contributed by atoms with van der Waals surface area (Å²) in [6.45, 7) is 1.90. The van der Waals surface area contributed by atoms with Gasteiger partial charge in [0.05, 0.1) is 17.3 Å². The molecule has 0 bridgehead atoms. The van der Waals surface area contributed by atoms with Gasteiger partial charge in [0.25, 0.3) is 0 Å². The minimum atomic E-state index is -0.342. The third-order valence-electron chi connectivity index (χ3n) is 2.99. The minimum absolute atomic E-state index is 0.142. The number of carbonyl (C=O) groups is 1. The lowest BCUT2D eigenvalue weighted by Gasteiger charge is -2.15. The largest absolute Gasteiger partial charge is 0.331 e. The van der Waals surface area contributed by atoms with Gasteiger partial charge >= 0.3 is 6.03 Å². The molecule has 4 nitrogen and oxygen atoms in total. The first kappa shape index (κ1) is 15.1. The average Bonchev–Trinajstić information content (AvgIpc) is 2.47. The van der Waals surface area contributed by atoms with Crippen molar-refractivity contribution in [2.75, 3.05) is 5.32 Å². The molecule has 5 heteroatoms. The van der Waals surface area contributed by atoms with Crippen molar-refractivity contribution >= 4 is 27.6 Å². The van der Waals surface area contributed by atoms with Crippen LogP contribution in [0.3, 0.4) is 0 Å². The van der Waals surface area contributed by atoms with Crippen LogP contribution in [0.1, 0.15) is 24.1 Å². The Labute approximate surface area is 131 Å². The Balaban J connectivity index is 2.03. The Morgan fingerprint density at radius 2 is 2.00 bits per heavy atom. The van der Waals surface area contributed by atoms with E-state index in [4.69, 9.17) is 5.26 Å². The normalized spacial score (nSPS) is 11.3. The van der Waals surface area contributed by atoms with Gasteiger partial charge in [0.2, 0.25) is 0 Å². The van der Waals surface area contributed by atoms with E-state index in [0.29, 0.717) is 11.3 Å². The molecule has 0 aromatic heterocycles. The van der Waals surface area contributed by atoms with E-state index in [2.05, 4.69) is 26.6 Å². The maximum atomic E-state index is 12.0. The molecule has 1 unspecified atom stereocenters. The summed E-state index contributed by atoms with van der Waals surface area (Å²) in [4.78, 5) is 12.0. The first-order chi connectivity index (χ1) is 10.1. The van der Waals surface area contributed by atoms with Crippen molar-refractivity contribution in [3.05, 3.63) is 64.1 Å². The number of benzene rings is 2. The number of anilines is 1. The van der Waals surface area contributed by atoms with Crippen LogP contribution in [0.15, 0.2) is 53.0 Å². The highest BCUT2D eigenvalue weighted by atomic mass is 79.9. The monoisotopic (exact) mass is 343 g/mol. The van der Waals surface area contributed by atoms with Gasteiger partial charge in [-0.15, -0.1) is 0 Å². The fraction of sp³-hybridized carbons (Fsp3) is 0.125. The predicted octanol–water partition coefficient (Wildman–Crippen LogP) is 4.20. The molecule has 2 amide bonds. The Morgan fingerprint density at radius 3 is 2.71 bits per heavy atom. The van der Waals surface area contributed by atoms with Crippen molar-refractivity contribution in [2.45, 2.75) is 13.0 Å². The summed E-state index contributed by atoms with van der Waals surface area (Å²) in [5.41, 5.74) is 1.93. The number of nitrogens with zero attached hydrogens (tertiary/aromatic N) is 1. The summed E-state index contributed by atoms with van der Waals surface area (Å²) in [5.74, 6) is 0. The van der Waals surface area contributed by atoms with E-state index >= 15 is 0 Å². The van der Waals surface area contributed by atoms with E-state index < -0.39 is 0 Å². The fourth-order valence-corrected chi connectivity index (χ4v) is 2.32. The highest BCUT2D eigenvalue weighted by Gasteiger charge is 2.11. The van der Waals surface area contributed by atoms with Crippen molar-refractivity contribution in [3.8, 4) is 6.07 Å². The van der Waals surface area contributed by atoms with Crippen LogP contribution in [0.2, 0.25) is 0 Å². The summed E-state index contributed by atoms with van der Waals surface area (Å²) in [7, 11) is 0. The molecule has 2 aromatic carbocycles. The molecular formula is C16H14BrN3O. The molecule has 21 heavy (non-hydrogen) atoms. The molecule has 0 radical (unpaired) electrons. The van der Waals surface area contributed by atoms with Crippen LogP contribution in [0, 0.1) is 11.3 Å². The summed E-state index contributed by atoms with van der Waals surface area (Å²) in [5, 5.41) is 14.5. The quantitative estimate of drug-likeness (QED) is 0.876. The summed E-state index contributed by atoms with van der Waals surface area (Å²) < 4.78 is 0.962. The molecule has 0 aliphatic rings. The average molecular weight is 344 g/mol. The van der Waals surface area contributed by atoms with E-state index in [-0.39, 0.29) is 12.1 Å². The summed E-state index contributed by atoms with van der Waals surface area (Å²) in [6.07, 6.45) is 0. The molecule has 0 saturated carbocycles. The first-order valence-electron chi connectivity index (χ1n) is 6.42. The highest BCUT2D eigenvalue weighted by molar-refractivity contribution is 9.10. The SMILES string of the molecule is CC(NC(=O)Nc1ccccc1C#N)c1cccc(Br)c1. The first-order valence-corrected chi connectivity index (χ1v) is 7.21. The molecule has 2 rings (SSSR count). The van der Waals surface area contributed by atoms with E-state index in [1.807, 2.05) is 37.3 Å². The molecule has 2 N–H and O–H groups in total. The van der Waals surface area contributed by atoms with Crippen molar-refractivity contribution in [1.82, 2.24) is 5.32 Å². The van der Waals surface area contributed by atoms with Crippen LogP contribution in [-0.4, -0.2) is 6.03 Å². The Bertz CT molecular complexity index is 694. The molecule has 0 aliphatic heterocycles. The maximum Gasteiger partial charge on any atom is 0.319 e. The minimum Gasteiger partial charge on any atom is -0.331 e. The molecular weight excluding hydrogens is 330 g/mol. The van der Waals surface area contributed by atoms with Crippen LogP contribution in [-0.2, 0) is 0 Å². The molecule has 0 fully saturated rings. The molecule has 1 atom stereocenters. The van der Waals surface area contributed by atoms with Crippen LogP contribution < -0.4 is 10.6 Å². The standard InChI is InChI=1S/C16H14BrN3O/c1-11(12-6-4-7-14(17)9-12)19-16(21)20-15-8-3-2-5-13(15)10-18/h2-9,11H,1H3,(H2,19,20,21). The van der Waals surface area contributed by atoms with Crippen molar-refractivity contribution < 1.29 is 4.79 Å². The maximum absolute atomic E-state index is 12.0. The van der Waals surface area contributed by atoms with Crippen LogP contribution in [0.25, 0.3) is 0 Å². The van der Waals surface area contributed by atoms with Gasteiger partial charge in [0.15, 0.2) is 0 Å². The summed E-state index contributed by atoms with van der Waals surface area (Å²) in [6, 6.07) is 16.2. The number of nitrogens with one attached hydrogen (secondary N) is 2. The van der Waals surface area contributed by atoms with E-state index in [1.54, 1.807) is 24.3 Å². The number of amides is 2. The van der Waals surface area contributed by atoms with Gasteiger partial charge in [-0.3, -0.25) is 0 Å². The van der Waals surface area contributed by atoms with Gasteiger partial charge in [0, 0.05) is 4.47 Å². The topological polar surface area (TPSA) is 64.9 Å². The number of para-hydroxylation sites is 1. The second-order valence-corrected chi connectivity index (χ2v) is 5.45. The smallest absolute Gasteiger partial charge is 0.319 e. The Morgan fingerprint density at radius 1 is 1.24 bits per heavy atom. The van der Waals surface area contributed by atoms with Crippen molar-refractivity contribution in [3.63, 3.8) is 0 Å². The number of urea groups is 1. The number of carbonyl (C=O) groups excluding carboxylic acids is 1. The lowest BCUT2D eigenvalue weighted by molar-refractivity contribution is 0.249. The van der Waals surface area contributed by atoms with Crippen molar-refractivity contribution in [2.24, 2.45) is 0 Å². The second kappa shape index (κ2) is 6.91. The second-order valence-electron chi connectivity index (χ2n) is 4.53. The van der Waals surface area contributed by atoms with Crippen LogP contribution in [0.5, 0.6) is 0 Å². The zero-order chi connectivity index (χ0) is 15.2. The molecule has 0 spiro atoms. The van der Waals surface area contributed by atoms with Crippen LogP contribution >= 0.6 is 15.9 Å². The fourth-order valence-electron chi connectivity index (χ4n) is 1.90. The van der Waals surface area contributed by atoms with E-state index in [0.717, 1.165) is 10.0 Å².